The predicted octanol–water partition coefficient (Wildman–Crippen LogP) is 2.32. The fourth-order valence-corrected chi connectivity index (χ4v) is 1.67. The minimum Gasteiger partial charge on any atom is -0.394 e. The van der Waals surface area contributed by atoms with Gasteiger partial charge in [-0.2, -0.15) is 0 Å². The monoisotopic (exact) mass is 283 g/mol. The molecule has 0 saturated heterocycles. The van der Waals surface area contributed by atoms with E-state index in [4.69, 9.17) is 5.11 Å². The first kappa shape index (κ1) is 18.9. The first-order chi connectivity index (χ1) is 9.65. The van der Waals surface area contributed by atoms with E-state index < -0.39 is 12.1 Å². The molecular formula is C16H29NO3. The topological polar surface area (TPSA) is 69.6 Å². The number of carbonyl (C=O) groups excluding carboxylic acids is 1. The zero-order chi connectivity index (χ0) is 15.2. The lowest BCUT2D eigenvalue weighted by atomic mass is 10.1. The van der Waals surface area contributed by atoms with Gasteiger partial charge in [-0.1, -0.05) is 51.0 Å². The summed E-state index contributed by atoms with van der Waals surface area (Å²) in [4.78, 5) is 11.2. The summed E-state index contributed by atoms with van der Waals surface area (Å²) in [6, 6.07) is -0.626. The van der Waals surface area contributed by atoms with Crippen LogP contribution in [0.3, 0.4) is 0 Å². The van der Waals surface area contributed by atoms with Gasteiger partial charge < -0.3 is 15.5 Å². The molecule has 0 saturated carbocycles. The summed E-state index contributed by atoms with van der Waals surface area (Å²) >= 11 is 0. The SMILES string of the molecule is CCCC/C=C/CC/C=C/C(O)C(CO)NC(=O)CC. The molecule has 0 aromatic rings. The minimum absolute atomic E-state index is 0.171. The number of amides is 1. The highest BCUT2D eigenvalue weighted by Crippen LogP contribution is 2.01. The van der Waals surface area contributed by atoms with E-state index >= 15 is 0 Å². The van der Waals surface area contributed by atoms with Crippen molar-refractivity contribution in [2.45, 2.75) is 64.5 Å². The Bertz CT molecular complexity index is 300. The van der Waals surface area contributed by atoms with Crippen LogP contribution in [0.2, 0.25) is 0 Å². The first-order valence-electron chi connectivity index (χ1n) is 7.55. The molecule has 0 spiro atoms. The number of unbranched alkanes of at least 4 members (excludes halogenated alkanes) is 3. The van der Waals surface area contributed by atoms with Crippen LogP contribution in [0.25, 0.3) is 0 Å². The zero-order valence-corrected chi connectivity index (χ0v) is 12.7. The van der Waals surface area contributed by atoms with Crippen molar-refractivity contribution in [3.05, 3.63) is 24.3 Å². The van der Waals surface area contributed by atoms with E-state index in [1.165, 1.54) is 12.8 Å². The second-order valence-electron chi connectivity index (χ2n) is 4.82. The Hall–Kier alpha value is -1.13. The van der Waals surface area contributed by atoms with Crippen molar-refractivity contribution in [1.82, 2.24) is 5.32 Å². The van der Waals surface area contributed by atoms with Gasteiger partial charge in [-0.25, -0.2) is 0 Å². The van der Waals surface area contributed by atoms with E-state index in [-0.39, 0.29) is 12.5 Å². The van der Waals surface area contributed by atoms with Crippen molar-refractivity contribution < 1.29 is 15.0 Å². The van der Waals surface area contributed by atoms with E-state index in [0.29, 0.717) is 6.42 Å². The van der Waals surface area contributed by atoms with Crippen LogP contribution in [0, 0.1) is 0 Å². The third kappa shape index (κ3) is 9.75. The van der Waals surface area contributed by atoms with Crippen LogP contribution < -0.4 is 5.32 Å². The molecular weight excluding hydrogens is 254 g/mol. The summed E-state index contributed by atoms with van der Waals surface area (Å²) in [6.45, 7) is 3.64. The number of allylic oxidation sites excluding steroid dienone is 3. The number of hydrogen-bond acceptors (Lipinski definition) is 3. The van der Waals surface area contributed by atoms with Crippen molar-refractivity contribution in [3.63, 3.8) is 0 Å². The smallest absolute Gasteiger partial charge is 0.220 e. The molecule has 4 nitrogen and oxygen atoms in total. The highest BCUT2D eigenvalue weighted by molar-refractivity contribution is 5.75. The number of aliphatic hydroxyl groups excluding tert-OH is 2. The molecule has 0 aliphatic carbocycles. The Morgan fingerprint density at radius 3 is 2.40 bits per heavy atom. The number of nitrogens with one attached hydrogen (secondary N) is 1. The number of aliphatic hydroxyl groups is 2. The fraction of sp³-hybridized carbons (Fsp3) is 0.688. The molecule has 0 rings (SSSR count). The molecule has 0 radical (unpaired) electrons. The largest absolute Gasteiger partial charge is 0.394 e. The summed E-state index contributed by atoms with van der Waals surface area (Å²) in [5.41, 5.74) is 0. The Labute approximate surface area is 122 Å². The van der Waals surface area contributed by atoms with Crippen LogP contribution in [-0.4, -0.2) is 34.9 Å². The van der Waals surface area contributed by atoms with Gasteiger partial charge in [0.25, 0.3) is 0 Å². The molecule has 0 aromatic heterocycles. The first-order valence-corrected chi connectivity index (χ1v) is 7.55. The van der Waals surface area contributed by atoms with Crippen LogP contribution in [0.4, 0.5) is 0 Å². The normalized spacial score (nSPS) is 14.8. The molecule has 4 heteroatoms. The molecule has 2 atom stereocenters. The highest BCUT2D eigenvalue weighted by Gasteiger charge is 2.16. The van der Waals surface area contributed by atoms with Gasteiger partial charge >= 0.3 is 0 Å². The Morgan fingerprint density at radius 1 is 1.15 bits per heavy atom. The van der Waals surface area contributed by atoms with Gasteiger partial charge in [0.2, 0.25) is 5.91 Å². The predicted molar refractivity (Wildman–Crippen MR) is 82.4 cm³/mol. The minimum atomic E-state index is -0.848. The third-order valence-corrected chi connectivity index (χ3v) is 3.00. The summed E-state index contributed by atoms with van der Waals surface area (Å²) in [5, 5.41) is 21.6. The average molecular weight is 283 g/mol. The fourth-order valence-electron chi connectivity index (χ4n) is 1.67. The lowest BCUT2D eigenvalue weighted by Gasteiger charge is -2.19. The molecule has 20 heavy (non-hydrogen) atoms. The van der Waals surface area contributed by atoms with E-state index in [0.717, 1.165) is 19.3 Å². The van der Waals surface area contributed by atoms with Gasteiger partial charge in [0.15, 0.2) is 0 Å². The molecule has 0 heterocycles. The number of hydrogen-bond donors (Lipinski definition) is 3. The van der Waals surface area contributed by atoms with Gasteiger partial charge in [-0.3, -0.25) is 4.79 Å². The van der Waals surface area contributed by atoms with Crippen molar-refractivity contribution in [1.29, 1.82) is 0 Å². The Balaban J connectivity index is 3.92. The molecule has 0 aromatic carbocycles. The van der Waals surface area contributed by atoms with E-state index in [1.807, 2.05) is 6.08 Å². The van der Waals surface area contributed by atoms with Gasteiger partial charge in [0, 0.05) is 6.42 Å². The van der Waals surface area contributed by atoms with Crippen LogP contribution >= 0.6 is 0 Å². The standard InChI is InChI=1S/C16H29NO3/c1-3-5-6-7-8-9-10-11-12-15(19)14(13-18)17-16(20)4-2/h7-8,11-12,14-15,18-19H,3-6,9-10,13H2,1-2H3,(H,17,20)/b8-7+,12-11+. The molecule has 1 amide bonds. The van der Waals surface area contributed by atoms with Crippen LogP contribution in [-0.2, 0) is 4.79 Å². The van der Waals surface area contributed by atoms with Gasteiger partial charge in [0.1, 0.15) is 0 Å². The highest BCUT2D eigenvalue weighted by atomic mass is 16.3. The molecule has 116 valence electrons. The van der Waals surface area contributed by atoms with E-state index in [2.05, 4.69) is 24.4 Å². The Kier molecular flexibility index (Phi) is 12.2. The lowest BCUT2D eigenvalue weighted by Crippen LogP contribution is -2.44. The molecule has 3 N–H and O–H groups in total. The van der Waals surface area contributed by atoms with Crippen LogP contribution in [0.5, 0.6) is 0 Å². The number of carbonyl (C=O) groups is 1. The molecule has 0 aliphatic heterocycles. The van der Waals surface area contributed by atoms with Crippen LogP contribution in [0.1, 0.15) is 52.4 Å². The quantitative estimate of drug-likeness (QED) is 0.402. The van der Waals surface area contributed by atoms with Crippen molar-refractivity contribution >= 4 is 5.91 Å². The second kappa shape index (κ2) is 12.9. The Morgan fingerprint density at radius 2 is 1.80 bits per heavy atom. The molecule has 2 unspecified atom stereocenters. The molecule has 0 aliphatic rings. The lowest BCUT2D eigenvalue weighted by molar-refractivity contribution is -0.122. The second-order valence-corrected chi connectivity index (χ2v) is 4.82. The number of rotatable bonds is 11. The average Bonchev–Trinajstić information content (AvgIpc) is 2.46. The van der Waals surface area contributed by atoms with Crippen LogP contribution in [0.15, 0.2) is 24.3 Å². The van der Waals surface area contributed by atoms with E-state index in [1.54, 1.807) is 13.0 Å². The molecule has 0 fully saturated rings. The summed E-state index contributed by atoms with van der Waals surface area (Å²) in [6.07, 6.45) is 12.7. The van der Waals surface area contributed by atoms with E-state index in [9.17, 15) is 9.90 Å². The summed E-state index contributed by atoms with van der Waals surface area (Å²) < 4.78 is 0. The van der Waals surface area contributed by atoms with Crippen molar-refractivity contribution in [3.8, 4) is 0 Å². The van der Waals surface area contributed by atoms with Crippen molar-refractivity contribution in [2.24, 2.45) is 0 Å². The van der Waals surface area contributed by atoms with Gasteiger partial charge in [-0.15, -0.1) is 0 Å². The summed E-state index contributed by atoms with van der Waals surface area (Å²) in [7, 11) is 0. The van der Waals surface area contributed by atoms with Gasteiger partial charge in [-0.05, 0) is 19.3 Å². The van der Waals surface area contributed by atoms with Crippen molar-refractivity contribution in [2.75, 3.05) is 6.61 Å². The maximum Gasteiger partial charge on any atom is 0.220 e. The van der Waals surface area contributed by atoms with Gasteiger partial charge in [0.05, 0.1) is 18.8 Å². The maximum atomic E-state index is 11.2. The molecule has 0 bridgehead atoms. The third-order valence-electron chi connectivity index (χ3n) is 3.00. The summed E-state index contributed by atoms with van der Waals surface area (Å²) in [5.74, 6) is -0.171. The maximum absolute atomic E-state index is 11.2. The zero-order valence-electron chi connectivity index (χ0n) is 12.7.